The molecule has 0 saturated heterocycles. The van der Waals surface area contributed by atoms with Crippen LogP contribution in [-0.4, -0.2) is 21.1 Å². The van der Waals surface area contributed by atoms with Gasteiger partial charge in [0.15, 0.2) is 0 Å². The maximum atomic E-state index is 5.79. The molecule has 1 aromatic heterocycles. The number of hydrogen-bond donors (Lipinski definition) is 1. The Balaban J connectivity index is 1.77. The summed E-state index contributed by atoms with van der Waals surface area (Å²) in [4.78, 5) is 0. The van der Waals surface area contributed by atoms with E-state index in [9.17, 15) is 0 Å². The summed E-state index contributed by atoms with van der Waals surface area (Å²) in [6, 6.07) is 17.7. The van der Waals surface area contributed by atoms with Crippen molar-refractivity contribution in [1.82, 2.24) is 14.9 Å². The third kappa shape index (κ3) is 3.48. The lowest BCUT2D eigenvalue weighted by Gasteiger charge is -2.08. The minimum Gasteiger partial charge on any atom is -0.489 e. The zero-order valence-corrected chi connectivity index (χ0v) is 12.5. The number of rotatable bonds is 5. The molecule has 22 heavy (non-hydrogen) atoms. The molecule has 1 heterocycles. The van der Waals surface area contributed by atoms with E-state index in [4.69, 9.17) is 17.0 Å². The molecule has 0 atom stereocenters. The predicted octanol–water partition coefficient (Wildman–Crippen LogP) is 3.40. The molecule has 0 bridgehead atoms. The average Bonchev–Trinajstić information content (AvgIpc) is 2.98. The number of benzene rings is 2. The van der Waals surface area contributed by atoms with Crippen molar-refractivity contribution < 1.29 is 4.74 Å². The lowest BCUT2D eigenvalue weighted by Crippen LogP contribution is -2.00. The Labute approximate surface area is 132 Å². The van der Waals surface area contributed by atoms with Crippen LogP contribution in [0.3, 0.4) is 0 Å². The quantitative estimate of drug-likeness (QED) is 0.580. The molecule has 0 radical (unpaired) electrons. The van der Waals surface area contributed by atoms with Crippen molar-refractivity contribution in [2.45, 2.75) is 6.61 Å². The zero-order valence-electron chi connectivity index (χ0n) is 11.7. The second-order valence-corrected chi connectivity index (χ2v) is 4.94. The molecule has 2 aromatic carbocycles. The van der Waals surface area contributed by atoms with E-state index in [0.29, 0.717) is 11.4 Å². The number of para-hydroxylation sites is 1. The van der Waals surface area contributed by atoms with Gasteiger partial charge in [-0.3, -0.25) is 5.10 Å². The summed E-state index contributed by atoms with van der Waals surface area (Å²) in [6.45, 7) is 0.475. The van der Waals surface area contributed by atoms with Crippen LogP contribution in [-0.2, 0) is 6.61 Å². The Kier molecular flexibility index (Phi) is 4.41. The van der Waals surface area contributed by atoms with E-state index in [1.54, 1.807) is 6.21 Å². The lowest BCUT2D eigenvalue weighted by atomic mass is 10.1. The molecule has 5 nitrogen and oxygen atoms in total. The van der Waals surface area contributed by atoms with Crippen LogP contribution in [0.25, 0.3) is 0 Å². The molecular weight excluding hydrogens is 296 g/mol. The summed E-state index contributed by atoms with van der Waals surface area (Å²) in [5.74, 6) is 0.839. The number of nitrogens with zero attached hydrogens (tertiary/aromatic N) is 3. The minimum atomic E-state index is 0.453. The molecule has 0 aliphatic heterocycles. The molecule has 3 aromatic rings. The first kappa shape index (κ1) is 14.2. The molecule has 0 spiro atoms. The number of aromatic amines is 1. The minimum absolute atomic E-state index is 0.453. The van der Waals surface area contributed by atoms with Crippen LogP contribution in [0.4, 0.5) is 0 Å². The SMILES string of the molecule is S=c1[nH]ncn1/N=C\c1ccccc1COc1ccccc1. The van der Waals surface area contributed by atoms with Crippen LogP contribution in [0.1, 0.15) is 11.1 Å². The van der Waals surface area contributed by atoms with E-state index in [2.05, 4.69) is 15.3 Å². The monoisotopic (exact) mass is 310 g/mol. The smallest absolute Gasteiger partial charge is 0.216 e. The van der Waals surface area contributed by atoms with E-state index in [0.717, 1.165) is 16.9 Å². The van der Waals surface area contributed by atoms with Crippen molar-refractivity contribution >= 4 is 18.4 Å². The summed E-state index contributed by atoms with van der Waals surface area (Å²) < 4.78 is 7.74. The van der Waals surface area contributed by atoms with Crippen molar-refractivity contribution in [3.8, 4) is 5.75 Å². The molecule has 0 aliphatic carbocycles. The van der Waals surface area contributed by atoms with Gasteiger partial charge in [0.1, 0.15) is 18.7 Å². The molecule has 3 rings (SSSR count). The highest BCUT2D eigenvalue weighted by atomic mass is 32.1. The van der Waals surface area contributed by atoms with Crippen molar-refractivity contribution in [1.29, 1.82) is 0 Å². The first-order valence-electron chi connectivity index (χ1n) is 6.75. The van der Waals surface area contributed by atoms with E-state index < -0.39 is 0 Å². The molecule has 0 amide bonds. The van der Waals surface area contributed by atoms with Gasteiger partial charge in [-0.2, -0.15) is 14.9 Å². The van der Waals surface area contributed by atoms with Crippen LogP contribution < -0.4 is 4.74 Å². The van der Waals surface area contributed by atoms with Crippen LogP contribution in [0, 0.1) is 4.77 Å². The summed E-state index contributed by atoms with van der Waals surface area (Å²) in [5, 5.41) is 10.8. The van der Waals surface area contributed by atoms with Gasteiger partial charge >= 0.3 is 0 Å². The van der Waals surface area contributed by atoms with Gasteiger partial charge in [0, 0.05) is 5.56 Å². The summed E-state index contributed by atoms with van der Waals surface area (Å²) in [7, 11) is 0. The fourth-order valence-corrected chi connectivity index (χ4v) is 2.07. The molecule has 0 fully saturated rings. The highest BCUT2D eigenvalue weighted by Gasteiger charge is 2.01. The third-order valence-electron chi connectivity index (χ3n) is 3.05. The Hall–Kier alpha value is -2.73. The fraction of sp³-hybridized carbons (Fsp3) is 0.0625. The van der Waals surface area contributed by atoms with Crippen molar-refractivity contribution in [3.05, 3.63) is 76.8 Å². The Morgan fingerprint density at radius 1 is 1.14 bits per heavy atom. The van der Waals surface area contributed by atoms with E-state index in [1.165, 1.54) is 11.0 Å². The standard InChI is InChI=1S/C16H14N4OS/c22-16-19-17-12-20(16)18-10-13-6-4-5-7-14(13)11-21-15-8-2-1-3-9-15/h1-10,12H,11H2,(H,19,22)/b18-10-. The van der Waals surface area contributed by atoms with Crippen molar-refractivity contribution in [2.75, 3.05) is 0 Å². The lowest BCUT2D eigenvalue weighted by molar-refractivity contribution is 0.306. The molecule has 110 valence electrons. The van der Waals surface area contributed by atoms with Gasteiger partial charge in [-0.1, -0.05) is 42.5 Å². The maximum Gasteiger partial charge on any atom is 0.216 e. The van der Waals surface area contributed by atoms with Crippen LogP contribution in [0.2, 0.25) is 0 Å². The average molecular weight is 310 g/mol. The Bertz CT molecular complexity index is 823. The molecule has 0 unspecified atom stereocenters. The number of ether oxygens (including phenoxy) is 1. The Morgan fingerprint density at radius 2 is 1.91 bits per heavy atom. The van der Waals surface area contributed by atoms with Crippen LogP contribution in [0.5, 0.6) is 5.75 Å². The molecular formula is C16H14N4OS. The van der Waals surface area contributed by atoms with E-state index in [-0.39, 0.29) is 0 Å². The maximum absolute atomic E-state index is 5.79. The molecule has 0 saturated carbocycles. The van der Waals surface area contributed by atoms with Gasteiger partial charge in [-0.05, 0) is 29.9 Å². The predicted molar refractivity (Wildman–Crippen MR) is 87.6 cm³/mol. The van der Waals surface area contributed by atoms with Crippen molar-refractivity contribution in [3.63, 3.8) is 0 Å². The molecule has 6 heteroatoms. The Morgan fingerprint density at radius 3 is 2.68 bits per heavy atom. The first-order valence-corrected chi connectivity index (χ1v) is 7.16. The van der Waals surface area contributed by atoms with Gasteiger partial charge in [0.05, 0.1) is 6.21 Å². The summed E-state index contributed by atoms with van der Waals surface area (Å²) in [5.41, 5.74) is 2.02. The molecule has 1 N–H and O–H groups in total. The van der Waals surface area contributed by atoms with Crippen LogP contribution >= 0.6 is 12.2 Å². The second-order valence-electron chi connectivity index (χ2n) is 4.55. The second kappa shape index (κ2) is 6.82. The van der Waals surface area contributed by atoms with E-state index in [1.807, 2.05) is 54.6 Å². The normalized spacial score (nSPS) is 10.9. The third-order valence-corrected chi connectivity index (χ3v) is 3.33. The highest BCUT2D eigenvalue weighted by Crippen LogP contribution is 2.13. The van der Waals surface area contributed by atoms with Gasteiger partial charge in [0.25, 0.3) is 0 Å². The van der Waals surface area contributed by atoms with E-state index >= 15 is 0 Å². The first-order chi connectivity index (χ1) is 10.8. The number of hydrogen-bond acceptors (Lipinski definition) is 4. The van der Waals surface area contributed by atoms with Gasteiger partial charge in [0.2, 0.25) is 4.77 Å². The van der Waals surface area contributed by atoms with Crippen molar-refractivity contribution in [2.24, 2.45) is 5.10 Å². The topological polar surface area (TPSA) is 55.2 Å². The van der Waals surface area contributed by atoms with Gasteiger partial charge in [-0.25, -0.2) is 0 Å². The highest BCUT2D eigenvalue weighted by molar-refractivity contribution is 7.71. The number of aromatic nitrogens is 3. The largest absolute Gasteiger partial charge is 0.489 e. The summed E-state index contributed by atoms with van der Waals surface area (Å²) in [6.07, 6.45) is 3.27. The number of nitrogens with one attached hydrogen (secondary N) is 1. The van der Waals surface area contributed by atoms with Crippen LogP contribution in [0.15, 0.2) is 66.0 Å². The number of H-pyrrole nitrogens is 1. The summed E-state index contributed by atoms with van der Waals surface area (Å²) >= 11 is 5.06. The fourth-order valence-electron chi connectivity index (χ4n) is 1.92. The molecule has 0 aliphatic rings. The van der Waals surface area contributed by atoms with Gasteiger partial charge < -0.3 is 4.74 Å². The zero-order chi connectivity index (χ0) is 15.2. The van der Waals surface area contributed by atoms with Gasteiger partial charge in [-0.15, -0.1) is 0 Å².